The highest BCUT2D eigenvalue weighted by atomic mass is 16.3. The van der Waals surface area contributed by atoms with Crippen LogP contribution in [0, 0.1) is 0 Å². The van der Waals surface area contributed by atoms with Crippen LogP contribution in [0.3, 0.4) is 0 Å². The van der Waals surface area contributed by atoms with Gasteiger partial charge in [0, 0.05) is 11.5 Å². The van der Waals surface area contributed by atoms with Crippen LogP contribution in [-0.4, -0.2) is 31.2 Å². The van der Waals surface area contributed by atoms with Crippen molar-refractivity contribution in [3.05, 3.63) is 30.3 Å². The molecule has 0 spiro atoms. The van der Waals surface area contributed by atoms with Gasteiger partial charge in [0.25, 0.3) is 0 Å². The number of aromatic nitrogens is 1. The molecule has 1 aromatic heterocycles. The van der Waals surface area contributed by atoms with Gasteiger partial charge in [0.15, 0.2) is 0 Å². The van der Waals surface area contributed by atoms with Gasteiger partial charge in [-0.1, -0.05) is 12.1 Å². The lowest BCUT2D eigenvalue weighted by Crippen LogP contribution is -2.35. The topological polar surface area (TPSA) is 33.1 Å². The van der Waals surface area contributed by atoms with Crippen LogP contribution in [0.1, 0.15) is 0 Å². The number of pyridine rings is 1. The molecule has 0 aliphatic heterocycles. The maximum Gasteiger partial charge on any atom is 0.227 e. The predicted octanol–water partition coefficient (Wildman–Crippen LogP) is 2.14. The molecule has 3 heteroatoms. The fraction of sp³-hybridized carbons (Fsp3) is 0.250. The molecule has 0 amide bonds. The van der Waals surface area contributed by atoms with E-state index in [1.165, 1.54) is 0 Å². The molecule has 0 saturated carbocycles. The SMILES string of the molecule is C[N+](C)(C)c1ccc2cccc(O)c2n1. The zero-order chi connectivity index (χ0) is 11.1. The van der Waals surface area contributed by atoms with Crippen molar-refractivity contribution >= 4 is 16.7 Å². The number of aromatic hydroxyl groups is 1. The number of fused-ring (bicyclic) bond motifs is 1. The summed E-state index contributed by atoms with van der Waals surface area (Å²) in [4.78, 5) is 4.47. The second-order valence-electron chi connectivity index (χ2n) is 4.53. The lowest BCUT2D eigenvalue weighted by molar-refractivity contribution is 0.469. The molecule has 2 rings (SSSR count). The summed E-state index contributed by atoms with van der Waals surface area (Å²) in [5.41, 5.74) is 0.669. The molecule has 2 aromatic rings. The van der Waals surface area contributed by atoms with E-state index in [0.29, 0.717) is 10.00 Å². The normalized spacial score (nSPS) is 11.9. The molecule has 0 radical (unpaired) electrons. The maximum absolute atomic E-state index is 9.69. The average molecular weight is 203 g/mol. The Bertz CT molecular complexity index is 500. The number of para-hydroxylation sites is 1. The molecule has 0 unspecified atom stereocenters. The monoisotopic (exact) mass is 203 g/mol. The molecule has 0 fully saturated rings. The summed E-state index contributed by atoms with van der Waals surface area (Å²) in [6.45, 7) is 0. The summed E-state index contributed by atoms with van der Waals surface area (Å²) in [6, 6.07) is 9.41. The van der Waals surface area contributed by atoms with Crippen molar-refractivity contribution in [2.45, 2.75) is 0 Å². The van der Waals surface area contributed by atoms with E-state index in [0.717, 1.165) is 11.2 Å². The van der Waals surface area contributed by atoms with Crippen LogP contribution in [-0.2, 0) is 0 Å². The average Bonchev–Trinajstić information content (AvgIpc) is 2.16. The van der Waals surface area contributed by atoms with E-state index in [-0.39, 0.29) is 5.75 Å². The zero-order valence-electron chi connectivity index (χ0n) is 9.23. The van der Waals surface area contributed by atoms with Gasteiger partial charge < -0.3 is 5.11 Å². The van der Waals surface area contributed by atoms with Gasteiger partial charge in [-0.15, -0.1) is 0 Å². The molecule has 3 nitrogen and oxygen atoms in total. The molecule has 78 valence electrons. The first-order valence-electron chi connectivity index (χ1n) is 4.89. The third-order valence-corrected chi connectivity index (χ3v) is 2.37. The highest BCUT2D eigenvalue weighted by Crippen LogP contribution is 2.25. The van der Waals surface area contributed by atoms with Gasteiger partial charge in [-0.25, -0.2) is 0 Å². The smallest absolute Gasteiger partial charge is 0.227 e. The second-order valence-corrected chi connectivity index (χ2v) is 4.53. The Balaban J connectivity index is 2.70. The molecule has 1 heterocycles. The van der Waals surface area contributed by atoms with Crippen LogP contribution in [0.4, 0.5) is 5.82 Å². The minimum absolute atomic E-state index is 0.239. The van der Waals surface area contributed by atoms with E-state index in [2.05, 4.69) is 4.98 Å². The maximum atomic E-state index is 9.69. The fourth-order valence-corrected chi connectivity index (χ4v) is 1.49. The van der Waals surface area contributed by atoms with Gasteiger partial charge in [0.2, 0.25) is 5.82 Å². The number of phenolic OH excluding ortho intramolecular Hbond substituents is 1. The summed E-state index contributed by atoms with van der Waals surface area (Å²) in [5, 5.41) is 10.7. The van der Waals surface area contributed by atoms with Gasteiger partial charge in [0.05, 0.1) is 21.1 Å². The summed E-state index contributed by atoms with van der Waals surface area (Å²) >= 11 is 0. The minimum atomic E-state index is 0.239. The molecule has 1 aromatic carbocycles. The van der Waals surface area contributed by atoms with Crippen molar-refractivity contribution in [3.63, 3.8) is 0 Å². The van der Waals surface area contributed by atoms with Crippen LogP contribution in [0.5, 0.6) is 5.75 Å². The van der Waals surface area contributed by atoms with Crippen molar-refractivity contribution in [1.29, 1.82) is 0 Å². The van der Waals surface area contributed by atoms with E-state index >= 15 is 0 Å². The molecule has 0 atom stereocenters. The fourth-order valence-electron chi connectivity index (χ4n) is 1.49. The highest BCUT2D eigenvalue weighted by molar-refractivity contribution is 5.85. The van der Waals surface area contributed by atoms with Crippen LogP contribution in [0.2, 0.25) is 0 Å². The Morgan fingerprint density at radius 1 is 1.07 bits per heavy atom. The molecule has 1 N–H and O–H groups in total. The van der Waals surface area contributed by atoms with Crippen LogP contribution in [0.25, 0.3) is 10.9 Å². The number of rotatable bonds is 1. The summed E-state index contributed by atoms with van der Waals surface area (Å²) < 4.78 is 0.643. The molecule has 0 aliphatic carbocycles. The number of benzene rings is 1. The lowest BCUT2D eigenvalue weighted by Gasteiger charge is -2.21. The number of hydrogen-bond donors (Lipinski definition) is 1. The number of quaternary nitrogens is 1. The molecule has 0 saturated heterocycles. The van der Waals surface area contributed by atoms with E-state index < -0.39 is 0 Å². The highest BCUT2D eigenvalue weighted by Gasteiger charge is 2.14. The Labute approximate surface area is 89.2 Å². The van der Waals surface area contributed by atoms with Crippen LogP contribution < -0.4 is 4.48 Å². The largest absolute Gasteiger partial charge is 0.506 e. The van der Waals surface area contributed by atoms with Crippen molar-refractivity contribution in [2.75, 3.05) is 21.1 Å². The molecular weight excluding hydrogens is 188 g/mol. The van der Waals surface area contributed by atoms with Crippen molar-refractivity contribution in [1.82, 2.24) is 9.47 Å². The number of hydrogen-bond acceptors (Lipinski definition) is 2. The van der Waals surface area contributed by atoms with E-state index in [1.807, 2.05) is 45.4 Å². The van der Waals surface area contributed by atoms with Crippen molar-refractivity contribution in [3.8, 4) is 5.75 Å². The van der Waals surface area contributed by atoms with E-state index in [9.17, 15) is 5.11 Å². The minimum Gasteiger partial charge on any atom is -0.506 e. The van der Waals surface area contributed by atoms with E-state index in [1.54, 1.807) is 6.07 Å². The third kappa shape index (κ3) is 1.78. The van der Waals surface area contributed by atoms with Gasteiger partial charge in [-0.3, -0.25) is 4.48 Å². The zero-order valence-corrected chi connectivity index (χ0v) is 9.23. The summed E-state index contributed by atoms with van der Waals surface area (Å²) in [7, 11) is 6.15. The molecule has 0 aliphatic rings. The third-order valence-electron chi connectivity index (χ3n) is 2.37. The Morgan fingerprint density at radius 2 is 1.80 bits per heavy atom. The summed E-state index contributed by atoms with van der Waals surface area (Å²) in [5.74, 6) is 1.17. The Hall–Kier alpha value is -1.61. The van der Waals surface area contributed by atoms with Gasteiger partial charge in [0.1, 0.15) is 11.3 Å². The quantitative estimate of drug-likeness (QED) is 0.720. The van der Waals surface area contributed by atoms with Gasteiger partial charge in [-0.05, 0) is 12.1 Å². The lowest BCUT2D eigenvalue weighted by atomic mass is 10.2. The van der Waals surface area contributed by atoms with E-state index in [4.69, 9.17) is 0 Å². The standard InChI is InChI=1S/C12H14N2O/c1-14(2,3)11-8-7-9-5-4-6-10(15)12(9)13-11/h4-8H,1-3H3/p+1. The Morgan fingerprint density at radius 3 is 2.47 bits per heavy atom. The first-order chi connectivity index (χ1) is 6.98. The Kier molecular flexibility index (Phi) is 2.12. The number of nitrogens with zero attached hydrogens (tertiary/aromatic N) is 2. The van der Waals surface area contributed by atoms with Gasteiger partial charge >= 0.3 is 0 Å². The molecule has 15 heavy (non-hydrogen) atoms. The number of phenols is 1. The molecule has 0 bridgehead atoms. The van der Waals surface area contributed by atoms with Crippen LogP contribution >= 0.6 is 0 Å². The summed E-state index contributed by atoms with van der Waals surface area (Å²) in [6.07, 6.45) is 0. The van der Waals surface area contributed by atoms with Crippen molar-refractivity contribution < 1.29 is 5.11 Å². The molecular formula is C12H15N2O+. The second kappa shape index (κ2) is 3.21. The first kappa shape index (κ1) is 9.93. The van der Waals surface area contributed by atoms with Gasteiger partial charge in [-0.2, -0.15) is 4.98 Å². The van der Waals surface area contributed by atoms with Crippen molar-refractivity contribution in [2.24, 2.45) is 0 Å². The predicted molar refractivity (Wildman–Crippen MR) is 63.0 cm³/mol. The van der Waals surface area contributed by atoms with Crippen LogP contribution in [0.15, 0.2) is 30.3 Å². The first-order valence-corrected chi connectivity index (χ1v) is 4.89.